The molecule has 3 nitrogen and oxygen atoms in total. The van der Waals surface area contributed by atoms with Crippen molar-refractivity contribution in [2.45, 2.75) is 72.5 Å². The predicted octanol–water partition coefficient (Wildman–Crippen LogP) is 5.57. The van der Waals surface area contributed by atoms with Crippen molar-refractivity contribution in [3.63, 3.8) is 0 Å². The standard InChI is InChI=1S/C28H40O3Si/c1-26(2,3)31-25(29)24-19-21(28(24,7)8)20-30-32(27(4,5)6,22-15-11-9-12-16-22)23-17-13-10-14-18-23/h9-18,21,24H,19-20H2,1-8H3/t21-,24+/m0/s1. The minimum atomic E-state index is -2.56. The first kappa shape index (κ1) is 24.7. The maximum absolute atomic E-state index is 12.8. The average Bonchev–Trinajstić information content (AvgIpc) is 2.69. The Hall–Kier alpha value is -1.91. The second-order valence-electron chi connectivity index (χ2n) is 11.8. The van der Waals surface area contributed by atoms with Gasteiger partial charge in [0.2, 0.25) is 0 Å². The summed E-state index contributed by atoms with van der Waals surface area (Å²) in [5.74, 6) is 0.167. The number of hydrogen-bond donors (Lipinski definition) is 0. The Balaban J connectivity index is 1.89. The van der Waals surface area contributed by atoms with Crippen molar-refractivity contribution < 1.29 is 14.0 Å². The molecule has 2 aromatic rings. The first-order chi connectivity index (χ1) is 14.8. The maximum Gasteiger partial charge on any atom is 0.310 e. The molecule has 3 rings (SSSR count). The van der Waals surface area contributed by atoms with Crippen molar-refractivity contribution in [3.05, 3.63) is 60.7 Å². The molecule has 1 aliphatic rings. The minimum absolute atomic E-state index is 0.0475. The van der Waals surface area contributed by atoms with E-state index >= 15 is 0 Å². The molecule has 2 aromatic carbocycles. The summed E-state index contributed by atoms with van der Waals surface area (Å²) in [7, 11) is -2.56. The lowest BCUT2D eigenvalue weighted by molar-refractivity contribution is -0.178. The highest BCUT2D eigenvalue weighted by atomic mass is 28.4. The van der Waals surface area contributed by atoms with E-state index in [-0.39, 0.29) is 22.3 Å². The van der Waals surface area contributed by atoms with Gasteiger partial charge in [0.1, 0.15) is 5.60 Å². The Labute approximate surface area is 195 Å². The Morgan fingerprint density at radius 1 is 0.906 bits per heavy atom. The maximum atomic E-state index is 12.8. The summed E-state index contributed by atoms with van der Waals surface area (Å²) in [4.78, 5) is 12.8. The molecule has 0 N–H and O–H groups in total. The van der Waals surface area contributed by atoms with E-state index in [1.165, 1.54) is 10.4 Å². The van der Waals surface area contributed by atoms with E-state index in [1.807, 2.05) is 20.8 Å². The van der Waals surface area contributed by atoms with Gasteiger partial charge in [-0.15, -0.1) is 0 Å². The first-order valence-corrected chi connectivity index (χ1v) is 13.7. The quantitative estimate of drug-likeness (QED) is 0.425. The monoisotopic (exact) mass is 452 g/mol. The van der Waals surface area contributed by atoms with Crippen molar-refractivity contribution in [1.82, 2.24) is 0 Å². The molecule has 0 aliphatic heterocycles. The van der Waals surface area contributed by atoms with Crippen LogP contribution in [0.1, 0.15) is 61.8 Å². The van der Waals surface area contributed by atoms with Gasteiger partial charge in [0, 0.05) is 6.61 Å². The SMILES string of the molecule is CC(C)(C)OC(=O)[C@H]1C[C@@H](CO[Si](c2ccccc2)(c2ccccc2)C(C)(C)C)C1(C)C. The number of ether oxygens (including phenoxy) is 1. The molecule has 0 unspecified atom stereocenters. The molecule has 4 heteroatoms. The lowest BCUT2D eigenvalue weighted by Gasteiger charge is -2.53. The molecule has 174 valence electrons. The average molecular weight is 453 g/mol. The van der Waals surface area contributed by atoms with E-state index in [2.05, 4.69) is 95.3 Å². The number of rotatable bonds is 6. The second-order valence-corrected chi connectivity index (χ2v) is 16.1. The van der Waals surface area contributed by atoms with Crippen LogP contribution in [-0.4, -0.2) is 26.5 Å². The Kier molecular flexibility index (Phi) is 6.79. The number of carbonyl (C=O) groups excluding carboxylic acids is 1. The van der Waals surface area contributed by atoms with Gasteiger partial charge in [-0.3, -0.25) is 4.79 Å². The van der Waals surface area contributed by atoms with Crippen LogP contribution < -0.4 is 10.4 Å². The van der Waals surface area contributed by atoms with E-state index < -0.39 is 13.9 Å². The van der Waals surface area contributed by atoms with E-state index in [9.17, 15) is 4.79 Å². The fraction of sp³-hybridized carbons (Fsp3) is 0.536. The van der Waals surface area contributed by atoms with Crippen LogP contribution in [0.2, 0.25) is 5.04 Å². The predicted molar refractivity (Wildman–Crippen MR) is 135 cm³/mol. The minimum Gasteiger partial charge on any atom is -0.460 e. The van der Waals surface area contributed by atoms with Gasteiger partial charge in [-0.2, -0.15) is 0 Å². The number of hydrogen-bond acceptors (Lipinski definition) is 3. The normalized spacial score (nSPS) is 21.0. The Bertz CT molecular complexity index is 868. The summed E-state index contributed by atoms with van der Waals surface area (Å²) in [6, 6.07) is 21.5. The fourth-order valence-electron chi connectivity index (χ4n) is 5.06. The van der Waals surface area contributed by atoms with Crippen molar-refractivity contribution in [1.29, 1.82) is 0 Å². The molecule has 0 bridgehead atoms. The molecule has 32 heavy (non-hydrogen) atoms. The largest absolute Gasteiger partial charge is 0.460 e. The number of benzene rings is 2. The third-order valence-corrected chi connectivity index (χ3v) is 12.1. The van der Waals surface area contributed by atoms with Crippen LogP contribution in [0, 0.1) is 17.3 Å². The molecular formula is C28H40O3Si. The Morgan fingerprint density at radius 2 is 1.38 bits per heavy atom. The van der Waals surface area contributed by atoms with E-state index in [1.54, 1.807) is 0 Å². The highest BCUT2D eigenvalue weighted by Gasteiger charge is 2.56. The summed E-state index contributed by atoms with van der Waals surface area (Å²) in [6.07, 6.45) is 0.820. The first-order valence-electron chi connectivity index (χ1n) is 11.8. The molecule has 1 aliphatic carbocycles. The molecule has 1 saturated carbocycles. The van der Waals surface area contributed by atoms with Gasteiger partial charge >= 0.3 is 5.97 Å². The van der Waals surface area contributed by atoms with Crippen LogP contribution in [0.25, 0.3) is 0 Å². The van der Waals surface area contributed by atoms with Gasteiger partial charge < -0.3 is 9.16 Å². The van der Waals surface area contributed by atoms with Crippen LogP contribution in [0.3, 0.4) is 0 Å². The van der Waals surface area contributed by atoms with Crippen molar-refractivity contribution in [3.8, 4) is 0 Å². The highest BCUT2D eigenvalue weighted by Crippen LogP contribution is 2.53. The van der Waals surface area contributed by atoms with Crippen molar-refractivity contribution >= 4 is 24.7 Å². The molecule has 0 amide bonds. The molecular weight excluding hydrogens is 412 g/mol. The smallest absolute Gasteiger partial charge is 0.310 e. The van der Waals surface area contributed by atoms with Gasteiger partial charge in [0.05, 0.1) is 5.92 Å². The molecule has 0 saturated heterocycles. The lowest BCUT2D eigenvalue weighted by atomic mass is 9.55. The van der Waals surface area contributed by atoms with Crippen LogP contribution in [0.4, 0.5) is 0 Å². The summed E-state index contributed by atoms with van der Waals surface area (Å²) in [5.41, 5.74) is -0.600. The van der Waals surface area contributed by atoms with E-state index in [0.717, 1.165) is 6.42 Å². The lowest BCUT2D eigenvalue weighted by Crippen LogP contribution is -2.67. The Morgan fingerprint density at radius 3 is 1.75 bits per heavy atom. The molecule has 0 radical (unpaired) electrons. The molecule has 1 fully saturated rings. The van der Waals surface area contributed by atoms with Crippen LogP contribution in [-0.2, 0) is 14.0 Å². The second kappa shape index (κ2) is 8.79. The zero-order valence-corrected chi connectivity index (χ0v) is 22.1. The topological polar surface area (TPSA) is 35.5 Å². The van der Waals surface area contributed by atoms with Gasteiger partial charge in [-0.05, 0) is 53.9 Å². The summed E-state index contributed by atoms with van der Waals surface area (Å²) in [6.45, 7) is 17.7. The summed E-state index contributed by atoms with van der Waals surface area (Å²) >= 11 is 0. The van der Waals surface area contributed by atoms with E-state index in [0.29, 0.717) is 12.5 Å². The van der Waals surface area contributed by atoms with Crippen LogP contribution in [0.15, 0.2) is 60.7 Å². The molecule has 0 heterocycles. The van der Waals surface area contributed by atoms with E-state index in [4.69, 9.17) is 9.16 Å². The highest BCUT2D eigenvalue weighted by molar-refractivity contribution is 6.99. The molecule has 0 aromatic heterocycles. The van der Waals surface area contributed by atoms with Gasteiger partial charge in [0.15, 0.2) is 0 Å². The molecule has 2 atom stereocenters. The number of esters is 1. The van der Waals surface area contributed by atoms with Gasteiger partial charge in [0.25, 0.3) is 8.32 Å². The third-order valence-electron chi connectivity index (χ3n) is 7.08. The zero-order chi connectivity index (χ0) is 23.8. The van der Waals surface area contributed by atoms with Crippen molar-refractivity contribution in [2.75, 3.05) is 6.61 Å². The van der Waals surface area contributed by atoms with Gasteiger partial charge in [-0.1, -0.05) is 95.3 Å². The summed E-state index contributed by atoms with van der Waals surface area (Å²) < 4.78 is 12.8. The third kappa shape index (κ3) is 4.72. The van der Waals surface area contributed by atoms with Crippen molar-refractivity contribution in [2.24, 2.45) is 17.3 Å². The summed E-state index contributed by atoms with van der Waals surface area (Å²) in [5, 5.41) is 2.53. The van der Waals surface area contributed by atoms with Crippen LogP contribution >= 0.6 is 0 Å². The molecule has 0 spiro atoms. The van der Waals surface area contributed by atoms with Crippen LogP contribution in [0.5, 0.6) is 0 Å². The van der Waals surface area contributed by atoms with Gasteiger partial charge in [-0.25, -0.2) is 0 Å². The number of carbonyl (C=O) groups is 1. The fourth-order valence-corrected chi connectivity index (χ4v) is 9.67. The zero-order valence-electron chi connectivity index (χ0n) is 21.1.